The van der Waals surface area contributed by atoms with Crippen LogP contribution in [-0.2, 0) is 4.79 Å². The van der Waals surface area contributed by atoms with Crippen molar-refractivity contribution < 1.29 is 23.8 Å². The van der Waals surface area contributed by atoms with Crippen molar-refractivity contribution in [3.05, 3.63) is 60.7 Å². The Labute approximate surface area is 170 Å². The summed E-state index contributed by atoms with van der Waals surface area (Å²) >= 11 is 0. The molecule has 0 bridgehead atoms. The van der Waals surface area contributed by atoms with E-state index < -0.39 is 0 Å². The van der Waals surface area contributed by atoms with Gasteiger partial charge in [-0.1, -0.05) is 18.7 Å². The molecule has 154 valence electrons. The number of amides is 2. The number of benzene rings is 2. The van der Waals surface area contributed by atoms with Gasteiger partial charge in [0.15, 0.2) is 11.5 Å². The topological polar surface area (TPSA) is 85.9 Å². The summed E-state index contributed by atoms with van der Waals surface area (Å²) in [5.41, 5.74) is 0.954. The van der Waals surface area contributed by atoms with Crippen LogP contribution in [0.5, 0.6) is 17.2 Å². The maximum Gasteiger partial charge on any atom is 0.251 e. The van der Waals surface area contributed by atoms with Crippen molar-refractivity contribution in [2.75, 3.05) is 31.7 Å². The maximum absolute atomic E-state index is 12.4. The van der Waals surface area contributed by atoms with Gasteiger partial charge in [-0.05, 0) is 44.2 Å². The molecular formula is C22H26N2O5. The van der Waals surface area contributed by atoms with Gasteiger partial charge in [0.05, 0.1) is 19.8 Å². The highest BCUT2D eigenvalue weighted by Gasteiger charge is 2.13. The van der Waals surface area contributed by atoms with Gasteiger partial charge >= 0.3 is 0 Å². The van der Waals surface area contributed by atoms with Crippen LogP contribution < -0.4 is 24.8 Å². The van der Waals surface area contributed by atoms with Gasteiger partial charge in [-0.3, -0.25) is 9.59 Å². The number of nitrogens with one attached hydrogen (secondary N) is 2. The summed E-state index contributed by atoms with van der Waals surface area (Å²) in [6.45, 7) is 8.46. The minimum atomic E-state index is -0.382. The van der Waals surface area contributed by atoms with Crippen molar-refractivity contribution in [2.45, 2.75) is 13.8 Å². The maximum atomic E-state index is 12.4. The zero-order valence-electron chi connectivity index (χ0n) is 16.7. The number of carbonyl (C=O) groups excluding carboxylic acids is 2. The molecular weight excluding hydrogens is 372 g/mol. The second-order valence-electron chi connectivity index (χ2n) is 5.89. The summed E-state index contributed by atoms with van der Waals surface area (Å²) < 4.78 is 16.4. The van der Waals surface area contributed by atoms with Gasteiger partial charge in [-0.2, -0.15) is 0 Å². The molecule has 0 aliphatic carbocycles. The SMILES string of the molecule is C=CCOc1cccc(NC(=O)CNC(=O)c2ccc(OCC)c(OCC)c2)c1. The number of rotatable bonds is 11. The lowest BCUT2D eigenvalue weighted by atomic mass is 10.2. The second kappa shape index (κ2) is 11.4. The minimum Gasteiger partial charge on any atom is -0.490 e. The van der Waals surface area contributed by atoms with Crippen molar-refractivity contribution in [3.63, 3.8) is 0 Å². The molecule has 0 atom stereocenters. The third kappa shape index (κ3) is 6.88. The van der Waals surface area contributed by atoms with E-state index in [0.29, 0.717) is 48.3 Å². The zero-order chi connectivity index (χ0) is 21.1. The molecule has 0 aliphatic heterocycles. The van der Waals surface area contributed by atoms with Crippen LogP contribution >= 0.6 is 0 Å². The third-order valence-corrected chi connectivity index (χ3v) is 3.70. The van der Waals surface area contributed by atoms with Crippen molar-refractivity contribution in [2.24, 2.45) is 0 Å². The van der Waals surface area contributed by atoms with Crippen LogP contribution in [0.15, 0.2) is 55.1 Å². The third-order valence-electron chi connectivity index (χ3n) is 3.70. The Kier molecular flexibility index (Phi) is 8.56. The van der Waals surface area contributed by atoms with Crippen LogP contribution in [0.3, 0.4) is 0 Å². The first-order valence-corrected chi connectivity index (χ1v) is 9.38. The molecule has 29 heavy (non-hydrogen) atoms. The summed E-state index contributed by atoms with van der Waals surface area (Å²) in [6, 6.07) is 11.9. The van der Waals surface area contributed by atoms with Gasteiger partial charge < -0.3 is 24.8 Å². The average Bonchev–Trinajstić information content (AvgIpc) is 2.72. The number of anilines is 1. The first-order chi connectivity index (χ1) is 14.1. The molecule has 2 rings (SSSR count). The minimum absolute atomic E-state index is 0.173. The molecule has 0 aromatic heterocycles. The van der Waals surface area contributed by atoms with E-state index >= 15 is 0 Å². The van der Waals surface area contributed by atoms with Gasteiger partial charge in [0.25, 0.3) is 5.91 Å². The van der Waals surface area contributed by atoms with E-state index in [-0.39, 0.29) is 18.4 Å². The zero-order valence-corrected chi connectivity index (χ0v) is 16.7. The largest absolute Gasteiger partial charge is 0.490 e. The second-order valence-corrected chi connectivity index (χ2v) is 5.89. The quantitative estimate of drug-likeness (QED) is 0.567. The molecule has 0 saturated heterocycles. The molecule has 0 unspecified atom stereocenters. The van der Waals surface area contributed by atoms with Gasteiger partial charge in [0.1, 0.15) is 12.4 Å². The Morgan fingerprint density at radius 2 is 1.76 bits per heavy atom. The molecule has 7 heteroatoms. The first kappa shape index (κ1) is 21.8. The Balaban J connectivity index is 1.93. The molecule has 0 heterocycles. The first-order valence-electron chi connectivity index (χ1n) is 9.38. The molecule has 7 nitrogen and oxygen atoms in total. The van der Waals surface area contributed by atoms with Crippen LogP contribution in [0.25, 0.3) is 0 Å². The van der Waals surface area contributed by atoms with Crippen molar-refractivity contribution in [1.29, 1.82) is 0 Å². The molecule has 2 aromatic rings. The van der Waals surface area contributed by atoms with Crippen LogP contribution in [0, 0.1) is 0 Å². The van der Waals surface area contributed by atoms with E-state index in [9.17, 15) is 9.59 Å². The van der Waals surface area contributed by atoms with Gasteiger partial charge in [-0.25, -0.2) is 0 Å². The van der Waals surface area contributed by atoms with Crippen LogP contribution in [-0.4, -0.2) is 38.2 Å². The lowest BCUT2D eigenvalue weighted by molar-refractivity contribution is -0.115. The van der Waals surface area contributed by atoms with Gasteiger partial charge in [0, 0.05) is 17.3 Å². The fourth-order valence-electron chi connectivity index (χ4n) is 2.48. The Morgan fingerprint density at radius 3 is 2.48 bits per heavy atom. The Hall–Kier alpha value is -3.48. The van der Waals surface area contributed by atoms with Gasteiger partial charge in [-0.15, -0.1) is 0 Å². The highest BCUT2D eigenvalue weighted by atomic mass is 16.5. The predicted molar refractivity (Wildman–Crippen MR) is 112 cm³/mol. The molecule has 2 N–H and O–H groups in total. The molecule has 2 amide bonds. The van der Waals surface area contributed by atoms with Crippen LogP contribution in [0.4, 0.5) is 5.69 Å². The summed E-state index contributed by atoms with van der Waals surface area (Å²) in [6.07, 6.45) is 1.64. The number of hydrogen-bond acceptors (Lipinski definition) is 5. The molecule has 0 spiro atoms. The monoisotopic (exact) mass is 398 g/mol. The number of hydrogen-bond donors (Lipinski definition) is 2. The van der Waals surface area contributed by atoms with E-state index in [1.54, 1.807) is 48.5 Å². The van der Waals surface area contributed by atoms with Crippen molar-refractivity contribution in [3.8, 4) is 17.2 Å². The van der Waals surface area contributed by atoms with E-state index in [2.05, 4.69) is 17.2 Å². The fourth-order valence-corrected chi connectivity index (χ4v) is 2.48. The van der Waals surface area contributed by atoms with Crippen LogP contribution in [0.2, 0.25) is 0 Å². The fraction of sp³-hybridized carbons (Fsp3) is 0.273. The van der Waals surface area contributed by atoms with Crippen LogP contribution in [0.1, 0.15) is 24.2 Å². The molecule has 2 aromatic carbocycles. The number of carbonyl (C=O) groups is 2. The van der Waals surface area contributed by atoms with Gasteiger partial charge in [0.2, 0.25) is 5.91 Å². The summed E-state index contributed by atoms with van der Waals surface area (Å²) in [5, 5.41) is 5.32. The summed E-state index contributed by atoms with van der Waals surface area (Å²) in [4.78, 5) is 24.5. The highest BCUT2D eigenvalue weighted by molar-refractivity contribution is 5.99. The Morgan fingerprint density at radius 1 is 1.00 bits per heavy atom. The molecule has 0 saturated carbocycles. The molecule has 0 aliphatic rings. The average molecular weight is 398 g/mol. The van der Waals surface area contributed by atoms with E-state index in [0.717, 1.165) is 0 Å². The van der Waals surface area contributed by atoms with E-state index in [4.69, 9.17) is 14.2 Å². The predicted octanol–water partition coefficient (Wildman–Crippen LogP) is 3.42. The standard InChI is InChI=1S/C22H26N2O5/c1-4-12-29-18-9-7-8-17(14-18)24-21(25)15-23-22(26)16-10-11-19(27-5-2)20(13-16)28-6-3/h4,7-11,13-14H,1,5-6,12,15H2,2-3H3,(H,23,26)(H,24,25). The highest BCUT2D eigenvalue weighted by Crippen LogP contribution is 2.28. The summed E-state index contributed by atoms with van der Waals surface area (Å²) in [7, 11) is 0. The lowest BCUT2D eigenvalue weighted by Crippen LogP contribution is -2.32. The smallest absolute Gasteiger partial charge is 0.251 e. The molecule has 0 fully saturated rings. The van der Waals surface area contributed by atoms with E-state index in [1.807, 2.05) is 13.8 Å². The summed E-state index contributed by atoms with van der Waals surface area (Å²) in [5.74, 6) is 0.942. The number of ether oxygens (including phenoxy) is 3. The van der Waals surface area contributed by atoms with Crippen molar-refractivity contribution >= 4 is 17.5 Å². The van der Waals surface area contributed by atoms with E-state index in [1.165, 1.54) is 0 Å². The van der Waals surface area contributed by atoms with Crippen molar-refractivity contribution in [1.82, 2.24) is 5.32 Å². The lowest BCUT2D eigenvalue weighted by Gasteiger charge is -2.12. The molecule has 0 radical (unpaired) electrons. The normalized spacial score (nSPS) is 10.0. The Bertz CT molecular complexity index is 851.